The van der Waals surface area contributed by atoms with Crippen molar-refractivity contribution in [3.63, 3.8) is 0 Å². The lowest BCUT2D eigenvalue weighted by molar-refractivity contribution is -0.122. The summed E-state index contributed by atoms with van der Waals surface area (Å²) in [6, 6.07) is 8.65. The number of benzene rings is 1. The van der Waals surface area contributed by atoms with Gasteiger partial charge in [0.05, 0.1) is 6.04 Å². The molecule has 1 aliphatic heterocycles. The van der Waals surface area contributed by atoms with Crippen molar-refractivity contribution in [2.75, 3.05) is 6.54 Å². The first-order chi connectivity index (χ1) is 8.66. The first-order valence-corrected chi connectivity index (χ1v) is 6.75. The van der Waals surface area contributed by atoms with Crippen LogP contribution in [0, 0.1) is 6.92 Å². The number of amides is 1. The van der Waals surface area contributed by atoms with E-state index in [4.69, 9.17) is 0 Å². The highest BCUT2D eigenvalue weighted by molar-refractivity contribution is 5.85. The normalized spacial score (nSPS) is 19.6. The lowest BCUT2D eigenvalue weighted by Crippen LogP contribution is -2.33. The van der Waals surface area contributed by atoms with Crippen molar-refractivity contribution < 1.29 is 4.79 Å². The zero-order valence-electron chi connectivity index (χ0n) is 11.6. The number of carbonyl (C=O) groups excluding carboxylic acids is 1. The van der Waals surface area contributed by atoms with Crippen molar-refractivity contribution in [3.05, 3.63) is 35.4 Å². The molecule has 0 radical (unpaired) electrons. The van der Waals surface area contributed by atoms with Crippen LogP contribution in [0.5, 0.6) is 0 Å². The molecule has 0 bridgehead atoms. The first kappa shape index (κ1) is 16.0. The second-order valence-corrected chi connectivity index (χ2v) is 5.14. The second kappa shape index (κ2) is 7.51. The standard InChI is InChI=1S/C15H22N2O.ClH/c1-11-6-3-4-8-14(11)12(2)17-15(18)10-13-7-5-9-16-13;/h3-4,6,8,12-13,16H,5,7,9-10H2,1-2H3,(H,17,18);1H. The van der Waals surface area contributed by atoms with Crippen molar-refractivity contribution in [2.24, 2.45) is 0 Å². The van der Waals surface area contributed by atoms with Crippen LogP contribution in [0.1, 0.15) is 43.4 Å². The predicted octanol–water partition coefficient (Wildman–Crippen LogP) is 2.74. The molecule has 0 aromatic heterocycles. The summed E-state index contributed by atoms with van der Waals surface area (Å²) in [5.41, 5.74) is 2.43. The highest BCUT2D eigenvalue weighted by Crippen LogP contribution is 2.17. The molecule has 3 nitrogen and oxygen atoms in total. The number of hydrogen-bond acceptors (Lipinski definition) is 2. The fraction of sp³-hybridized carbons (Fsp3) is 0.533. The van der Waals surface area contributed by atoms with Gasteiger partial charge in [-0.05, 0) is 44.4 Å². The van der Waals surface area contributed by atoms with Crippen molar-refractivity contribution in [1.29, 1.82) is 0 Å². The molecule has 0 spiro atoms. The molecular weight excluding hydrogens is 260 g/mol. The van der Waals surface area contributed by atoms with E-state index < -0.39 is 0 Å². The minimum atomic E-state index is 0. The van der Waals surface area contributed by atoms with Gasteiger partial charge in [-0.3, -0.25) is 4.79 Å². The van der Waals surface area contributed by atoms with Gasteiger partial charge in [0.1, 0.15) is 0 Å². The molecule has 2 rings (SSSR count). The molecule has 4 heteroatoms. The number of nitrogens with one attached hydrogen (secondary N) is 2. The number of halogens is 1. The Bertz CT molecular complexity index is 416. The van der Waals surface area contributed by atoms with Gasteiger partial charge in [-0.15, -0.1) is 12.4 Å². The first-order valence-electron chi connectivity index (χ1n) is 6.75. The van der Waals surface area contributed by atoms with Crippen LogP contribution in [-0.2, 0) is 4.79 Å². The molecule has 2 N–H and O–H groups in total. The highest BCUT2D eigenvalue weighted by Gasteiger charge is 2.19. The summed E-state index contributed by atoms with van der Waals surface area (Å²) in [4.78, 5) is 11.9. The maximum Gasteiger partial charge on any atom is 0.222 e. The van der Waals surface area contributed by atoms with Crippen LogP contribution in [0.15, 0.2) is 24.3 Å². The molecule has 1 aliphatic rings. The van der Waals surface area contributed by atoms with Gasteiger partial charge in [-0.1, -0.05) is 24.3 Å². The third-order valence-electron chi connectivity index (χ3n) is 3.63. The number of aryl methyl sites for hydroxylation is 1. The van der Waals surface area contributed by atoms with E-state index in [-0.39, 0.29) is 24.4 Å². The molecular formula is C15H23ClN2O. The van der Waals surface area contributed by atoms with Gasteiger partial charge in [0.15, 0.2) is 0 Å². The van der Waals surface area contributed by atoms with E-state index in [1.165, 1.54) is 17.5 Å². The van der Waals surface area contributed by atoms with E-state index in [0.29, 0.717) is 12.5 Å². The second-order valence-electron chi connectivity index (χ2n) is 5.14. The van der Waals surface area contributed by atoms with Gasteiger partial charge in [0.2, 0.25) is 5.91 Å². The highest BCUT2D eigenvalue weighted by atomic mass is 35.5. The molecule has 2 unspecified atom stereocenters. The fourth-order valence-electron chi connectivity index (χ4n) is 2.61. The molecule has 1 amide bonds. The summed E-state index contributed by atoms with van der Waals surface area (Å²) in [6.45, 7) is 5.17. The van der Waals surface area contributed by atoms with Gasteiger partial charge in [-0.2, -0.15) is 0 Å². The SMILES string of the molecule is Cc1ccccc1C(C)NC(=O)CC1CCCN1.Cl. The lowest BCUT2D eigenvalue weighted by atomic mass is 10.0. The molecule has 1 heterocycles. The van der Waals surface area contributed by atoms with Gasteiger partial charge >= 0.3 is 0 Å². The summed E-state index contributed by atoms with van der Waals surface area (Å²) in [5, 5.41) is 6.44. The van der Waals surface area contributed by atoms with Gasteiger partial charge in [0.25, 0.3) is 0 Å². The Hall–Kier alpha value is -1.06. The van der Waals surface area contributed by atoms with Crippen LogP contribution in [-0.4, -0.2) is 18.5 Å². The molecule has 0 saturated carbocycles. The fourth-order valence-corrected chi connectivity index (χ4v) is 2.61. The van der Waals surface area contributed by atoms with E-state index in [9.17, 15) is 4.79 Å². The average molecular weight is 283 g/mol. The van der Waals surface area contributed by atoms with Crippen LogP contribution in [0.25, 0.3) is 0 Å². The molecule has 1 fully saturated rings. The van der Waals surface area contributed by atoms with Gasteiger partial charge in [-0.25, -0.2) is 0 Å². The molecule has 19 heavy (non-hydrogen) atoms. The minimum Gasteiger partial charge on any atom is -0.350 e. The molecule has 1 aromatic rings. The summed E-state index contributed by atoms with van der Waals surface area (Å²) in [5.74, 6) is 0.144. The average Bonchev–Trinajstić information content (AvgIpc) is 2.82. The van der Waals surface area contributed by atoms with Gasteiger partial charge in [0, 0.05) is 12.5 Å². The quantitative estimate of drug-likeness (QED) is 0.892. The molecule has 0 aliphatic carbocycles. The Morgan fingerprint density at radius 2 is 2.21 bits per heavy atom. The number of hydrogen-bond donors (Lipinski definition) is 2. The number of carbonyl (C=O) groups is 1. The third-order valence-corrected chi connectivity index (χ3v) is 3.63. The third kappa shape index (κ3) is 4.51. The van der Waals surface area contributed by atoms with Crippen molar-refractivity contribution in [1.82, 2.24) is 10.6 Å². The lowest BCUT2D eigenvalue weighted by Gasteiger charge is -2.18. The van der Waals surface area contributed by atoms with E-state index in [2.05, 4.69) is 29.7 Å². The zero-order chi connectivity index (χ0) is 13.0. The van der Waals surface area contributed by atoms with E-state index in [1.807, 2.05) is 19.1 Å². The summed E-state index contributed by atoms with van der Waals surface area (Å²) in [6.07, 6.45) is 2.90. The summed E-state index contributed by atoms with van der Waals surface area (Å²) in [7, 11) is 0. The maximum atomic E-state index is 11.9. The molecule has 106 valence electrons. The Morgan fingerprint density at radius 1 is 1.47 bits per heavy atom. The molecule has 1 saturated heterocycles. The van der Waals surface area contributed by atoms with Crippen molar-refractivity contribution in [3.8, 4) is 0 Å². The van der Waals surface area contributed by atoms with Crippen LogP contribution < -0.4 is 10.6 Å². The van der Waals surface area contributed by atoms with Crippen LogP contribution >= 0.6 is 12.4 Å². The van der Waals surface area contributed by atoms with Crippen LogP contribution in [0.3, 0.4) is 0 Å². The van der Waals surface area contributed by atoms with Crippen LogP contribution in [0.2, 0.25) is 0 Å². The zero-order valence-corrected chi connectivity index (χ0v) is 12.4. The molecule has 1 aromatic carbocycles. The minimum absolute atomic E-state index is 0. The monoisotopic (exact) mass is 282 g/mol. The Balaban J connectivity index is 0.00000180. The Morgan fingerprint density at radius 3 is 2.84 bits per heavy atom. The van der Waals surface area contributed by atoms with E-state index in [1.54, 1.807) is 0 Å². The van der Waals surface area contributed by atoms with Crippen molar-refractivity contribution >= 4 is 18.3 Å². The van der Waals surface area contributed by atoms with Crippen molar-refractivity contribution in [2.45, 2.75) is 45.2 Å². The Labute approximate surface area is 121 Å². The largest absolute Gasteiger partial charge is 0.350 e. The number of rotatable bonds is 4. The smallest absolute Gasteiger partial charge is 0.222 e. The van der Waals surface area contributed by atoms with Gasteiger partial charge < -0.3 is 10.6 Å². The summed E-state index contributed by atoms with van der Waals surface area (Å²) >= 11 is 0. The maximum absolute atomic E-state index is 11.9. The predicted molar refractivity (Wildman–Crippen MR) is 80.6 cm³/mol. The Kier molecular flexibility index (Phi) is 6.32. The van der Waals surface area contributed by atoms with E-state index >= 15 is 0 Å². The molecule has 2 atom stereocenters. The van der Waals surface area contributed by atoms with Crippen LogP contribution in [0.4, 0.5) is 0 Å². The topological polar surface area (TPSA) is 41.1 Å². The van der Waals surface area contributed by atoms with E-state index in [0.717, 1.165) is 13.0 Å². The summed E-state index contributed by atoms with van der Waals surface area (Å²) < 4.78 is 0.